The Kier molecular flexibility index (Phi) is 9.60. The van der Waals surface area contributed by atoms with Gasteiger partial charge >= 0.3 is 0 Å². The Morgan fingerprint density at radius 2 is 2.05 bits per heavy atom. The Bertz CT molecular complexity index is 490. The number of guanidine groups is 1. The number of hydrogen-bond acceptors (Lipinski definition) is 3. The van der Waals surface area contributed by atoms with Gasteiger partial charge in [-0.1, -0.05) is 12.2 Å². The molecule has 1 aromatic rings. The van der Waals surface area contributed by atoms with Crippen LogP contribution in [0.2, 0.25) is 0 Å². The highest BCUT2D eigenvalue weighted by Gasteiger charge is 2.05. The molecule has 1 rings (SSSR count). The Balaban J connectivity index is 0.00000400. The lowest BCUT2D eigenvalue weighted by atomic mass is 10.1. The van der Waals surface area contributed by atoms with Crippen LogP contribution in [0.5, 0.6) is 11.5 Å². The Morgan fingerprint density at radius 1 is 1.33 bits per heavy atom. The largest absolute Gasteiger partial charge is 0.497 e. The lowest BCUT2D eigenvalue weighted by molar-refractivity contribution is 0.398. The molecule has 0 atom stereocenters. The normalized spacial score (nSPS) is 10.5. The highest BCUT2D eigenvalue weighted by molar-refractivity contribution is 14.0. The first-order valence-electron chi connectivity index (χ1n) is 6.46. The van der Waals surface area contributed by atoms with Gasteiger partial charge in [-0.3, -0.25) is 0 Å². The predicted octanol–water partition coefficient (Wildman–Crippen LogP) is 2.34. The average molecular weight is 405 g/mol. The number of nitrogens with one attached hydrogen (secondary N) is 1. The summed E-state index contributed by atoms with van der Waals surface area (Å²) in [6.45, 7) is 6.91. The Morgan fingerprint density at radius 3 is 2.62 bits per heavy atom. The van der Waals surface area contributed by atoms with Crippen LogP contribution in [0, 0.1) is 0 Å². The van der Waals surface area contributed by atoms with Crippen LogP contribution in [-0.4, -0.2) is 33.3 Å². The molecule has 0 unspecified atom stereocenters. The third-order valence-corrected chi connectivity index (χ3v) is 2.71. The van der Waals surface area contributed by atoms with E-state index >= 15 is 0 Å². The van der Waals surface area contributed by atoms with E-state index in [1.165, 1.54) is 0 Å². The number of aliphatic imine (C=N–C) groups is 1. The summed E-state index contributed by atoms with van der Waals surface area (Å²) >= 11 is 0. The molecule has 0 aliphatic heterocycles. The third-order valence-electron chi connectivity index (χ3n) is 2.71. The van der Waals surface area contributed by atoms with Gasteiger partial charge in [0.1, 0.15) is 11.5 Å². The molecule has 118 valence electrons. The van der Waals surface area contributed by atoms with Gasteiger partial charge in [-0.15, -0.1) is 24.0 Å². The molecule has 5 nitrogen and oxygen atoms in total. The second kappa shape index (κ2) is 10.3. The number of nitrogens with zero attached hydrogens (tertiary/aromatic N) is 1. The minimum atomic E-state index is 0. The van der Waals surface area contributed by atoms with Gasteiger partial charge < -0.3 is 20.5 Å². The van der Waals surface area contributed by atoms with E-state index in [9.17, 15) is 0 Å². The van der Waals surface area contributed by atoms with Crippen molar-refractivity contribution in [3.63, 3.8) is 0 Å². The molecule has 1 aromatic carbocycles. The van der Waals surface area contributed by atoms with E-state index in [4.69, 9.17) is 15.2 Å². The molecule has 0 amide bonds. The lowest BCUT2D eigenvalue weighted by Crippen LogP contribution is -2.33. The third kappa shape index (κ3) is 7.22. The highest BCUT2D eigenvalue weighted by atomic mass is 127. The SMILES string of the molecule is C=C(C)CN=C(N)NCCc1cc(OC)ccc1OC.I. The van der Waals surface area contributed by atoms with E-state index in [0.29, 0.717) is 19.0 Å². The van der Waals surface area contributed by atoms with E-state index < -0.39 is 0 Å². The fourth-order valence-corrected chi connectivity index (χ4v) is 1.68. The van der Waals surface area contributed by atoms with E-state index in [1.807, 2.05) is 25.1 Å². The monoisotopic (exact) mass is 405 g/mol. The van der Waals surface area contributed by atoms with Crippen molar-refractivity contribution >= 4 is 29.9 Å². The maximum atomic E-state index is 5.75. The van der Waals surface area contributed by atoms with Crippen LogP contribution >= 0.6 is 24.0 Å². The second-order valence-corrected chi connectivity index (χ2v) is 4.51. The van der Waals surface area contributed by atoms with Crippen molar-refractivity contribution in [1.82, 2.24) is 5.32 Å². The summed E-state index contributed by atoms with van der Waals surface area (Å²) in [6.07, 6.45) is 0.768. The molecule has 0 spiro atoms. The molecule has 0 saturated carbocycles. The van der Waals surface area contributed by atoms with Gasteiger partial charge in [0.05, 0.1) is 20.8 Å². The first-order valence-corrected chi connectivity index (χ1v) is 6.46. The van der Waals surface area contributed by atoms with Crippen molar-refractivity contribution in [3.8, 4) is 11.5 Å². The van der Waals surface area contributed by atoms with Gasteiger partial charge in [-0.05, 0) is 37.1 Å². The van der Waals surface area contributed by atoms with Crippen LogP contribution in [0.4, 0.5) is 0 Å². The van der Waals surface area contributed by atoms with Gasteiger partial charge in [-0.25, -0.2) is 4.99 Å². The summed E-state index contributed by atoms with van der Waals surface area (Å²) in [4.78, 5) is 4.16. The number of methoxy groups -OCH3 is 2. The van der Waals surface area contributed by atoms with Crippen LogP contribution in [-0.2, 0) is 6.42 Å². The summed E-state index contributed by atoms with van der Waals surface area (Å²) in [5, 5.41) is 3.07. The van der Waals surface area contributed by atoms with Crippen LogP contribution in [0.3, 0.4) is 0 Å². The highest BCUT2D eigenvalue weighted by Crippen LogP contribution is 2.23. The molecular weight excluding hydrogens is 381 g/mol. The summed E-state index contributed by atoms with van der Waals surface area (Å²) in [6, 6.07) is 5.73. The van der Waals surface area contributed by atoms with E-state index in [-0.39, 0.29) is 24.0 Å². The van der Waals surface area contributed by atoms with E-state index in [0.717, 1.165) is 29.1 Å². The van der Waals surface area contributed by atoms with Crippen LogP contribution in [0.25, 0.3) is 0 Å². The Hall–Kier alpha value is -1.44. The summed E-state index contributed by atoms with van der Waals surface area (Å²) in [5.41, 5.74) is 7.79. The first-order chi connectivity index (χ1) is 9.56. The number of benzene rings is 1. The standard InChI is InChI=1S/C15H23N3O2.HI/c1-11(2)10-18-15(16)17-8-7-12-9-13(19-3)5-6-14(12)20-4;/h5-6,9H,1,7-8,10H2,2-4H3,(H3,16,17,18);1H. The molecule has 3 N–H and O–H groups in total. The number of nitrogens with two attached hydrogens (primary N) is 1. The maximum absolute atomic E-state index is 5.75. The van der Waals surface area contributed by atoms with Crippen LogP contribution in [0.1, 0.15) is 12.5 Å². The average Bonchev–Trinajstić information content (AvgIpc) is 2.45. The summed E-state index contributed by atoms with van der Waals surface area (Å²) < 4.78 is 10.5. The molecule has 0 aliphatic carbocycles. The van der Waals surface area contributed by atoms with Gasteiger partial charge in [0.25, 0.3) is 0 Å². The zero-order chi connectivity index (χ0) is 15.0. The smallest absolute Gasteiger partial charge is 0.188 e. The number of ether oxygens (including phenoxy) is 2. The van der Waals surface area contributed by atoms with Crippen molar-refractivity contribution in [1.29, 1.82) is 0 Å². The van der Waals surface area contributed by atoms with Gasteiger partial charge in [0, 0.05) is 6.54 Å². The minimum absolute atomic E-state index is 0. The van der Waals surface area contributed by atoms with Crippen molar-refractivity contribution in [2.45, 2.75) is 13.3 Å². The number of rotatable bonds is 7. The fourth-order valence-electron chi connectivity index (χ4n) is 1.68. The maximum Gasteiger partial charge on any atom is 0.188 e. The quantitative estimate of drug-likeness (QED) is 0.316. The molecule has 6 heteroatoms. The lowest BCUT2D eigenvalue weighted by Gasteiger charge is -2.11. The van der Waals surface area contributed by atoms with Crippen molar-refractivity contribution in [2.75, 3.05) is 27.3 Å². The van der Waals surface area contributed by atoms with Crippen LogP contribution in [0.15, 0.2) is 35.3 Å². The van der Waals surface area contributed by atoms with Gasteiger partial charge in [0.15, 0.2) is 5.96 Å². The molecule has 0 bridgehead atoms. The predicted molar refractivity (Wildman–Crippen MR) is 98.0 cm³/mol. The zero-order valence-electron chi connectivity index (χ0n) is 12.8. The van der Waals surface area contributed by atoms with E-state index in [1.54, 1.807) is 14.2 Å². The molecule has 0 radical (unpaired) electrons. The van der Waals surface area contributed by atoms with Gasteiger partial charge in [0.2, 0.25) is 0 Å². The summed E-state index contributed by atoms with van der Waals surface area (Å²) in [7, 11) is 3.30. The van der Waals surface area contributed by atoms with Crippen molar-refractivity contribution in [2.24, 2.45) is 10.7 Å². The molecule has 0 aromatic heterocycles. The first kappa shape index (κ1) is 19.6. The minimum Gasteiger partial charge on any atom is -0.497 e. The molecule has 21 heavy (non-hydrogen) atoms. The van der Waals surface area contributed by atoms with Gasteiger partial charge in [-0.2, -0.15) is 0 Å². The molecule has 0 saturated heterocycles. The zero-order valence-corrected chi connectivity index (χ0v) is 15.1. The summed E-state index contributed by atoms with van der Waals surface area (Å²) in [5.74, 6) is 2.07. The van der Waals surface area contributed by atoms with Crippen LogP contribution < -0.4 is 20.5 Å². The van der Waals surface area contributed by atoms with Crippen molar-refractivity contribution < 1.29 is 9.47 Å². The topological polar surface area (TPSA) is 68.9 Å². The number of halogens is 1. The molecule has 0 fully saturated rings. The van der Waals surface area contributed by atoms with E-state index in [2.05, 4.69) is 16.9 Å². The molecule has 0 heterocycles. The second-order valence-electron chi connectivity index (χ2n) is 4.51. The Labute approximate surface area is 143 Å². The number of hydrogen-bond donors (Lipinski definition) is 2. The van der Waals surface area contributed by atoms with Crippen molar-refractivity contribution in [3.05, 3.63) is 35.9 Å². The fraction of sp³-hybridized carbons (Fsp3) is 0.400. The molecule has 0 aliphatic rings. The molecular formula is C15H24IN3O2.